The molecule has 0 aliphatic heterocycles. The first-order valence-corrected chi connectivity index (χ1v) is 15.6. The van der Waals surface area contributed by atoms with Gasteiger partial charge in [0.25, 0.3) is 0 Å². The van der Waals surface area contributed by atoms with Gasteiger partial charge in [0.05, 0.1) is 22.8 Å². The Kier molecular flexibility index (Phi) is 7.88. The van der Waals surface area contributed by atoms with Gasteiger partial charge in [-0.2, -0.15) is 0 Å². The molecule has 7 heteroatoms. The smallest absolute Gasteiger partial charge is 0.179 e. The van der Waals surface area contributed by atoms with Crippen molar-refractivity contribution in [3.05, 3.63) is 148 Å². The average Bonchev–Trinajstić information content (AvgIpc) is 3.09. The molecule has 7 aromatic rings. The van der Waals surface area contributed by atoms with E-state index in [4.69, 9.17) is 24.9 Å². The van der Waals surface area contributed by atoms with Gasteiger partial charge in [-0.05, 0) is 48.5 Å². The normalized spacial score (nSPS) is 11.0. The van der Waals surface area contributed by atoms with E-state index in [2.05, 4.69) is 31.9 Å². The molecule has 0 spiro atoms. The van der Waals surface area contributed by atoms with Crippen molar-refractivity contribution in [3.8, 4) is 68.1 Å². The highest BCUT2D eigenvalue weighted by atomic mass is 79.9. The molecule has 44 heavy (non-hydrogen) atoms. The largest absolute Gasteiger partial charge is 0.241 e. The lowest BCUT2D eigenvalue weighted by Crippen LogP contribution is -2.00. The summed E-state index contributed by atoms with van der Waals surface area (Å²) in [6, 6.07) is 46.3. The van der Waals surface area contributed by atoms with E-state index in [-0.39, 0.29) is 0 Å². The Morgan fingerprint density at radius 2 is 0.636 bits per heavy atom. The molecule has 0 atom stereocenters. The van der Waals surface area contributed by atoms with Crippen LogP contribution >= 0.6 is 31.9 Å². The molecule has 0 aliphatic rings. The van der Waals surface area contributed by atoms with E-state index in [0.717, 1.165) is 54.0 Å². The predicted molar refractivity (Wildman–Crippen MR) is 183 cm³/mol. The third-order valence-electron chi connectivity index (χ3n) is 7.08. The summed E-state index contributed by atoms with van der Waals surface area (Å²) in [4.78, 5) is 24.9. The molecule has 4 aromatic carbocycles. The molecule has 7 rings (SSSR count). The summed E-state index contributed by atoms with van der Waals surface area (Å²) in [5.41, 5.74) is 8.52. The summed E-state index contributed by atoms with van der Waals surface area (Å²) in [7, 11) is 0. The summed E-state index contributed by atoms with van der Waals surface area (Å²) in [5, 5.41) is 0. The Bertz CT molecular complexity index is 1920. The van der Waals surface area contributed by atoms with E-state index in [1.807, 2.05) is 140 Å². The van der Waals surface area contributed by atoms with Gasteiger partial charge in [-0.1, -0.05) is 123 Å². The molecule has 0 saturated heterocycles. The van der Waals surface area contributed by atoms with Crippen LogP contribution in [0.2, 0.25) is 0 Å². The second-order valence-corrected chi connectivity index (χ2v) is 11.9. The topological polar surface area (TPSA) is 64.5 Å². The van der Waals surface area contributed by atoms with Crippen molar-refractivity contribution in [1.29, 1.82) is 0 Å². The first-order valence-electron chi connectivity index (χ1n) is 14.0. The standard InChI is InChI=1S/C37H23Br2N5/c38-28-18-14-26(15-19-28)34-22-32(24-8-3-1-4-9-24)41-36(43-34)30-12-7-13-31(40-30)37-42-33(25-10-5-2-6-11-25)23-35(44-37)27-16-20-29(39)21-17-27/h1-23H. The van der Waals surface area contributed by atoms with Gasteiger partial charge in [0.1, 0.15) is 11.4 Å². The minimum atomic E-state index is 0.526. The van der Waals surface area contributed by atoms with Crippen molar-refractivity contribution in [2.24, 2.45) is 0 Å². The van der Waals surface area contributed by atoms with Crippen LogP contribution in [0.25, 0.3) is 68.1 Å². The first-order chi connectivity index (χ1) is 21.6. The Hall–Kier alpha value is -4.85. The van der Waals surface area contributed by atoms with Gasteiger partial charge in [-0.25, -0.2) is 24.9 Å². The van der Waals surface area contributed by atoms with Gasteiger partial charge < -0.3 is 0 Å². The van der Waals surface area contributed by atoms with Crippen LogP contribution in [0.4, 0.5) is 0 Å². The zero-order chi connectivity index (χ0) is 29.9. The lowest BCUT2D eigenvalue weighted by Gasteiger charge is -2.11. The molecule has 210 valence electrons. The summed E-state index contributed by atoms with van der Waals surface area (Å²) < 4.78 is 2.02. The molecule has 3 heterocycles. The second-order valence-electron chi connectivity index (χ2n) is 10.1. The molecule has 0 fully saturated rings. The van der Waals surface area contributed by atoms with Crippen molar-refractivity contribution < 1.29 is 0 Å². The van der Waals surface area contributed by atoms with Crippen LogP contribution in [-0.4, -0.2) is 24.9 Å². The summed E-state index contributed by atoms with van der Waals surface area (Å²) in [6.45, 7) is 0. The molecular weight excluding hydrogens is 674 g/mol. The van der Waals surface area contributed by atoms with Gasteiger partial charge in [0, 0.05) is 31.2 Å². The molecule has 0 unspecified atom stereocenters. The van der Waals surface area contributed by atoms with E-state index in [1.165, 1.54) is 0 Å². The highest BCUT2D eigenvalue weighted by Crippen LogP contribution is 2.30. The summed E-state index contributed by atoms with van der Waals surface area (Å²) in [6.07, 6.45) is 0. The van der Waals surface area contributed by atoms with E-state index in [0.29, 0.717) is 23.0 Å². The Morgan fingerprint density at radius 1 is 0.295 bits per heavy atom. The molecule has 0 aliphatic carbocycles. The number of rotatable bonds is 6. The minimum absolute atomic E-state index is 0.526. The molecule has 0 bridgehead atoms. The number of aromatic nitrogens is 5. The number of nitrogens with zero attached hydrogens (tertiary/aromatic N) is 5. The maximum atomic E-state index is 5.02. The van der Waals surface area contributed by atoms with Gasteiger partial charge in [0.2, 0.25) is 0 Å². The van der Waals surface area contributed by atoms with E-state index < -0.39 is 0 Å². The van der Waals surface area contributed by atoms with Crippen LogP contribution < -0.4 is 0 Å². The number of hydrogen-bond acceptors (Lipinski definition) is 5. The quantitative estimate of drug-likeness (QED) is 0.173. The van der Waals surface area contributed by atoms with E-state index >= 15 is 0 Å². The molecule has 3 aromatic heterocycles. The fraction of sp³-hybridized carbons (Fsp3) is 0. The molecule has 0 amide bonds. The fourth-order valence-electron chi connectivity index (χ4n) is 4.86. The lowest BCUT2D eigenvalue weighted by atomic mass is 10.1. The van der Waals surface area contributed by atoms with Crippen LogP contribution in [-0.2, 0) is 0 Å². The second kappa shape index (κ2) is 12.4. The molecule has 0 N–H and O–H groups in total. The lowest BCUT2D eigenvalue weighted by molar-refractivity contribution is 1.12. The number of pyridine rings is 1. The molecule has 5 nitrogen and oxygen atoms in total. The maximum Gasteiger partial charge on any atom is 0.179 e. The predicted octanol–water partition coefficient (Wildman–Crippen LogP) is 10.2. The van der Waals surface area contributed by atoms with Crippen LogP contribution in [0.1, 0.15) is 0 Å². The van der Waals surface area contributed by atoms with Crippen LogP contribution in [0.15, 0.2) is 148 Å². The highest BCUT2D eigenvalue weighted by Gasteiger charge is 2.15. The summed E-state index contributed by atoms with van der Waals surface area (Å²) in [5.74, 6) is 1.05. The molecular formula is C37H23Br2N5. The van der Waals surface area contributed by atoms with Gasteiger partial charge in [-0.15, -0.1) is 0 Å². The Balaban J connectivity index is 1.37. The van der Waals surface area contributed by atoms with Crippen molar-refractivity contribution in [1.82, 2.24) is 24.9 Å². The van der Waals surface area contributed by atoms with Gasteiger partial charge in [0.15, 0.2) is 11.6 Å². The SMILES string of the molecule is Brc1ccc(-c2cc(-c3ccccc3)nc(-c3cccc(-c4nc(-c5ccccc5)cc(-c5ccc(Br)cc5)n4)n3)n2)cc1. The van der Waals surface area contributed by atoms with E-state index in [9.17, 15) is 0 Å². The van der Waals surface area contributed by atoms with Crippen molar-refractivity contribution in [3.63, 3.8) is 0 Å². The van der Waals surface area contributed by atoms with Crippen LogP contribution in [0.3, 0.4) is 0 Å². The molecule has 0 radical (unpaired) electrons. The van der Waals surface area contributed by atoms with Crippen molar-refractivity contribution in [2.45, 2.75) is 0 Å². The number of halogens is 2. The third-order valence-corrected chi connectivity index (χ3v) is 8.14. The Labute approximate surface area is 272 Å². The van der Waals surface area contributed by atoms with Gasteiger partial charge >= 0.3 is 0 Å². The van der Waals surface area contributed by atoms with Crippen LogP contribution in [0.5, 0.6) is 0 Å². The molecule has 0 saturated carbocycles. The van der Waals surface area contributed by atoms with Gasteiger partial charge in [-0.3, -0.25) is 0 Å². The fourth-order valence-corrected chi connectivity index (χ4v) is 5.39. The highest BCUT2D eigenvalue weighted by molar-refractivity contribution is 9.10. The average molecular weight is 697 g/mol. The maximum absolute atomic E-state index is 5.02. The van der Waals surface area contributed by atoms with Crippen molar-refractivity contribution in [2.75, 3.05) is 0 Å². The van der Waals surface area contributed by atoms with Crippen molar-refractivity contribution >= 4 is 31.9 Å². The number of benzene rings is 4. The zero-order valence-corrected chi connectivity index (χ0v) is 26.4. The van der Waals surface area contributed by atoms with Crippen LogP contribution in [0, 0.1) is 0 Å². The Morgan fingerprint density at radius 3 is 1.00 bits per heavy atom. The van der Waals surface area contributed by atoms with E-state index in [1.54, 1.807) is 0 Å². The monoisotopic (exact) mass is 695 g/mol. The first kappa shape index (κ1) is 28.0. The third kappa shape index (κ3) is 6.11. The minimum Gasteiger partial charge on any atom is -0.241 e. The summed E-state index contributed by atoms with van der Waals surface area (Å²) >= 11 is 7.07. The zero-order valence-electron chi connectivity index (χ0n) is 23.3. The number of hydrogen-bond donors (Lipinski definition) is 0.